The van der Waals surface area contributed by atoms with E-state index in [9.17, 15) is 10.2 Å². The van der Waals surface area contributed by atoms with Gasteiger partial charge in [-0.2, -0.15) is 0 Å². The molecular weight excluding hydrogens is 176 g/mol. The molecule has 0 aromatic heterocycles. The van der Waals surface area contributed by atoms with Crippen LogP contribution in [0.4, 0.5) is 0 Å². The SMILES string of the molecule is C=C(C)Cc1cc(O)c(C)c(C)c1O. The van der Waals surface area contributed by atoms with Crippen molar-refractivity contribution in [3.05, 3.63) is 34.9 Å². The summed E-state index contributed by atoms with van der Waals surface area (Å²) in [4.78, 5) is 0. The first-order chi connectivity index (χ1) is 6.43. The molecule has 2 nitrogen and oxygen atoms in total. The van der Waals surface area contributed by atoms with Crippen molar-refractivity contribution in [3.63, 3.8) is 0 Å². The average molecular weight is 192 g/mol. The normalized spacial score (nSPS) is 10.2. The van der Waals surface area contributed by atoms with Crippen LogP contribution in [0.15, 0.2) is 18.2 Å². The molecule has 0 aliphatic rings. The number of rotatable bonds is 2. The zero-order chi connectivity index (χ0) is 10.9. The lowest BCUT2D eigenvalue weighted by molar-refractivity contribution is 0.448. The van der Waals surface area contributed by atoms with Crippen molar-refractivity contribution in [2.45, 2.75) is 27.2 Å². The summed E-state index contributed by atoms with van der Waals surface area (Å²) in [6.07, 6.45) is 0.598. The Labute approximate surface area is 84.5 Å². The predicted molar refractivity (Wildman–Crippen MR) is 57.8 cm³/mol. The van der Waals surface area contributed by atoms with Gasteiger partial charge in [-0.25, -0.2) is 0 Å². The Morgan fingerprint density at radius 2 is 1.86 bits per heavy atom. The third-order valence-corrected chi connectivity index (χ3v) is 2.41. The lowest BCUT2D eigenvalue weighted by atomic mass is 9.99. The zero-order valence-electron chi connectivity index (χ0n) is 8.89. The molecule has 0 heterocycles. The van der Waals surface area contributed by atoms with Gasteiger partial charge in [-0.05, 0) is 44.4 Å². The molecule has 0 aliphatic heterocycles. The Morgan fingerprint density at radius 3 is 2.36 bits per heavy atom. The van der Waals surface area contributed by atoms with Gasteiger partial charge >= 0.3 is 0 Å². The van der Waals surface area contributed by atoms with Crippen LogP contribution in [0.3, 0.4) is 0 Å². The molecule has 0 spiro atoms. The van der Waals surface area contributed by atoms with Gasteiger partial charge in [-0.3, -0.25) is 0 Å². The van der Waals surface area contributed by atoms with Gasteiger partial charge in [0, 0.05) is 5.56 Å². The molecule has 14 heavy (non-hydrogen) atoms. The number of benzene rings is 1. The minimum atomic E-state index is 0.233. The fourth-order valence-electron chi connectivity index (χ4n) is 1.41. The molecule has 0 bridgehead atoms. The molecule has 0 radical (unpaired) electrons. The number of aromatic hydroxyl groups is 2. The smallest absolute Gasteiger partial charge is 0.122 e. The van der Waals surface area contributed by atoms with Crippen molar-refractivity contribution in [3.8, 4) is 11.5 Å². The summed E-state index contributed by atoms with van der Waals surface area (Å²) in [5.74, 6) is 0.500. The van der Waals surface area contributed by atoms with Crippen LogP contribution < -0.4 is 0 Å². The molecule has 1 aromatic carbocycles. The molecule has 0 atom stereocenters. The van der Waals surface area contributed by atoms with Crippen molar-refractivity contribution >= 4 is 0 Å². The van der Waals surface area contributed by atoms with E-state index in [1.807, 2.05) is 6.92 Å². The highest BCUT2D eigenvalue weighted by molar-refractivity contribution is 5.52. The summed E-state index contributed by atoms with van der Waals surface area (Å²) < 4.78 is 0. The van der Waals surface area contributed by atoms with E-state index in [-0.39, 0.29) is 11.5 Å². The topological polar surface area (TPSA) is 40.5 Å². The quantitative estimate of drug-likeness (QED) is 0.558. The Kier molecular flexibility index (Phi) is 2.84. The molecule has 76 valence electrons. The molecule has 2 heteroatoms. The molecular formula is C12H16O2. The average Bonchev–Trinajstić information content (AvgIpc) is 2.10. The van der Waals surface area contributed by atoms with Crippen LogP contribution in [0.2, 0.25) is 0 Å². The number of phenolic OH excluding ortho intramolecular Hbond substituents is 2. The van der Waals surface area contributed by atoms with Crippen LogP contribution in [0.5, 0.6) is 11.5 Å². The number of allylic oxidation sites excluding steroid dienone is 1. The zero-order valence-corrected chi connectivity index (χ0v) is 8.89. The first-order valence-electron chi connectivity index (χ1n) is 4.59. The van der Waals surface area contributed by atoms with Crippen molar-refractivity contribution in [1.29, 1.82) is 0 Å². The minimum Gasteiger partial charge on any atom is -0.508 e. The summed E-state index contributed by atoms with van der Waals surface area (Å²) in [7, 11) is 0. The molecule has 0 fully saturated rings. The molecule has 0 unspecified atom stereocenters. The molecule has 2 N–H and O–H groups in total. The highest BCUT2D eigenvalue weighted by Crippen LogP contribution is 2.32. The largest absolute Gasteiger partial charge is 0.508 e. The van der Waals surface area contributed by atoms with Gasteiger partial charge in [0.25, 0.3) is 0 Å². The number of hydrogen-bond donors (Lipinski definition) is 2. The summed E-state index contributed by atoms with van der Waals surface area (Å²) >= 11 is 0. The van der Waals surface area contributed by atoms with E-state index in [1.54, 1.807) is 19.9 Å². The van der Waals surface area contributed by atoms with Crippen molar-refractivity contribution in [1.82, 2.24) is 0 Å². The van der Waals surface area contributed by atoms with E-state index in [2.05, 4.69) is 6.58 Å². The maximum atomic E-state index is 9.80. The molecule has 0 saturated carbocycles. The second-order valence-electron chi connectivity index (χ2n) is 3.79. The lowest BCUT2D eigenvalue weighted by Crippen LogP contribution is -1.92. The Balaban J connectivity index is 3.25. The van der Waals surface area contributed by atoms with Gasteiger partial charge in [-0.15, -0.1) is 0 Å². The molecule has 0 amide bonds. The second kappa shape index (κ2) is 3.74. The first kappa shape index (κ1) is 10.6. The van der Waals surface area contributed by atoms with E-state index >= 15 is 0 Å². The number of hydrogen-bond acceptors (Lipinski definition) is 2. The summed E-state index contributed by atoms with van der Waals surface area (Å²) in [5.41, 5.74) is 3.16. The van der Waals surface area contributed by atoms with Gasteiger partial charge in [0.1, 0.15) is 11.5 Å². The Bertz CT molecular complexity index is 378. The van der Waals surface area contributed by atoms with E-state index in [0.29, 0.717) is 6.42 Å². The van der Waals surface area contributed by atoms with Crippen molar-refractivity contribution in [2.24, 2.45) is 0 Å². The fourth-order valence-corrected chi connectivity index (χ4v) is 1.41. The van der Waals surface area contributed by atoms with Crippen LogP contribution >= 0.6 is 0 Å². The Hall–Kier alpha value is -1.44. The van der Waals surface area contributed by atoms with Gasteiger partial charge in [0.15, 0.2) is 0 Å². The van der Waals surface area contributed by atoms with Crippen LogP contribution in [-0.4, -0.2) is 10.2 Å². The van der Waals surface area contributed by atoms with Crippen LogP contribution in [-0.2, 0) is 6.42 Å². The van der Waals surface area contributed by atoms with Gasteiger partial charge in [-0.1, -0.05) is 12.2 Å². The third kappa shape index (κ3) is 1.90. The first-order valence-corrected chi connectivity index (χ1v) is 4.59. The summed E-state index contributed by atoms with van der Waals surface area (Å²) in [5, 5.41) is 19.4. The summed E-state index contributed by atoms with van der Waals surface area (Å²) in [6, 6.07) is 1.60. The number of phenols is 2. The van der Waals surface area contributed by atoms with E-state index < -0.39 is 0 Å². The van der Waals surface area contributed by atoms with Gasteiger partial charge < -0.3 is 10.2 Å². The van der Waals surface area contributed by atoms with Crippen LogP contribution in [0, 0.1) is 13.8 Å². The van der Waals surface area contributed by atoms with Crippen LogP contribution in [0.25, 0.3) is 0 Å². The maximum Gasteiger partial charge on any atom is 0.122 e. The predicted octanol–water partition coefficient (Wildman–Crippen LogP) is 2.83. The van der Waals surface area contributed by atoms with Crippen molar-refractivity contribution < 1.29 is 10.2 Å². The lowest BCUT2D eigenvalue weighted by Gasteiger charge is -2.11. The highest BCUT2D eigenvalue weighted by Gasteiger charge is 2.10. The monoisotopic (exact) mass is 192 g/mol. The maximum absolute atomic E-state index is 9.80. The molecule has 1 rings (SSSR count). The third-order valence-electron chi connectivity index (χ3n) is 2.41. The van der Waals surface area contributed by atoms with Gasteiger partial charge in [0.05, 0.1) is 0 Å². The van der Waals surface area contributed by atoms with E-state index in [4.69, 9.17) is 0 Å². The van der Waals surface area contributed by atoms with E-state index in [1.165, 1.54) is 0 Å². The van der Waals surface area contributed by atoms with Gasteiger partial charge in [0.2, 0.25) is 0 Å². The Morgan fingerprint density at radius 1 is 1.29 bits per heavy atom. The van der Waals surface area contributed by atoms with Crippen LogP contribution in [0.1, 0.15) is 23.6 Å². The van der Waals surface area contributed by atoms with E-state index in [0.717, 1.165) is 22.3 Å². The highest BCUT2D eigenvalue weighted by atomic mass is 16.3. The molecule has 0 aliphatic carbocycles. The molecule has 1 aromatic rings. The van der Waals surface area contributed by atoms with Crippen molar-refractivity contribution in [2.75, 3.05) is 0 Å². The second-order valence-corrected chi connectivity index (χ2v) is 3.79. The summed E-state index contributed by atoms with van der Waals surface area (Å²) in [6.45, 7) is 9.26. The minimum absolute atomic E-state index is 0.233. The molecule has 0 saturated heterocycles. The standard InChI is InChI=1S/C12H16O2/c1-7(2)5-10-6-11(13)8(3)9(4)12(10)14/h6,13-14H,1,5H2,2-4H3. The fraction of sp³-hybridized carbons (Fsp3) is 0.333.